The van der Waals surface area contributed by atoms with Crippen LogP contribution in [0, 0.1) is 70.0 Å². The maximum Gasteiger partial charge on any atom is 0.0620 e. The molecule has 8 nitrogen and oxygen atoms in total. The number of hydrogen-bond acceptors (Lipinski definition) is 8. The summed E-state index contributed by atoms with van der Waals surface area (Å²) in [5.74, 6) is 8.44. The summed E-state index contributed by atoms with van der Waals surface area (Å²) in [4.78, 5) is 6.96. The van der Waals surface area contributed by atoms with E-state index in [9.17, 15) is 0 Å². The summed E-state index contributed by atoms with van der Waals surface area (Å²) in [5.41, 5.74) is 0.774. The van der Waals surface area contributed by atoms with Crippen molar-refractivity contribution in [2.75, 3.05) is 26.7 Å². The molecule has 0 aromatic rings. The Bertz CT molecular complexity index is 1260. The van der Waals surface area contributed by atoms with Crippen molar-refractivity contribution in [3.8, 4) is 0 Å². The second kappa shape index (κ2) is 20.1. The molecule has 8 heteroatoms. The van der Waals surface area contributed by atoms with Crippen LogP contribution in [0.5, 0.6) is 0 Å². The number of hydrogen-bond donors (Lipinski definition) is 6. The van der Waals surface area contributed by atoms with Crippen LogP contribution in [0.15, 0.2) is 0 Å². The van der Waals surface area contributed by atoms with Crippen LogP contribution in [0.25, 0.3) is 0 Å². The molecule has 8 atom stereocenters. The molecule has 9 fully saturated rings. The summed E-state index contributed by atoms with van der Waals surface area (Å²) in [6.07, 6.45) is 32.7. The minimum Gasteiger partial charge on any atom is -0.294 e. The van der Waals surface area contributed by atoms with Gasteiger partial charge in [0.05, 0.1) is 12.3 Å². The van der Waals surface area contributed by atoms with Gasteiger partial charge in [-0.3, -0.25) is 41.7 Å². The normalized spacial score (nSPS) is 44.8. The van der Waals surface area contributed by atoms with Crippen LogP contribution in [0.1, 0.15) is 197 Å². The molecule has 2 saturated heterocycles. The molecule has 2 aliphatic heterocycles. The maximum absolute atomic E-state index is 3.82. The van der Waals surface area contributed by atoms with E-state index in [-0.39, 0.29) is 0 Å². The van der Waals surface area contributed by atoms with E-state index < -0.39 is 0 Å². The first-order chi connectivity index (χ1) is 29.8. The fraction of sp³-hybridized carbons (Fsp3) is 1.00. The highest BCUT2D eigenvalue weighted by atomic mass is 15.3. The second-order valence-corrected chi connectivity index (χ2v) is 26.2. The van der Waals surface area contributed by atoms with Gasteiger partial charge in [-0.25, -0.2) is 0 Å². The van der Waals surface area contributed by atoms with Crippen LogP contribution < -0.4 is 31.9 Å². The highest BCUT2D eigenvalue weighted by molar-refractivity contribution is 5.13. The maximum atomic E-state index is 3.82. The smallest absolute Gasteiger partial charge is 0.0620 e. The summed E-state index contributed by atoms with van der Waals surface area (Å²) in [6.45, 7) is 24.7. The molecular weight excluding hydrogens is 761 g/mol. The zero-order chi connectivity index (χ0) is 43.2. The second-order valence-electron chi connectivity index (χ2n) is 26.2. The summed E-state index contributed by atoms with van der Waals surface area (Å²) in [6, 6.07) is 4.70. The lowest BCUT2D eigenvalue weighted by Gasteiger charge is -2.66. The van der Waals surface area contributed by atoms with Crippen molar-refractivity contribution in [2.24, 2.45) is 70.0 Å². The van der Waals surface area contributed by atoms with Gasteiger partial charge >= 0.3 is 0 Å². The van der Waals surface area contributed by atoms with Crippen LogP contribution in [0.2, 0.25) is 0 Å². The first-order valence-corrected chi connectivity index (χ1v) is 27.7. The van der Waals surface area contributed by atoms with Gasteiger partial charge in [0.25, 0.3) is 0 Å². The Morgan fingerprint density at radius 2 is 0.661 bits per heavy atom. The van der Waals surface area contributed by atoms with Gasteiger partial charge in [0.1, 0.15) is 0 Å². The van der Waals surface area contributed by atoms with Crippen LogP contribution in [-0.4, -0.2) is 85.1 Å². The largest absolute Gasteiger partial charge is 0.294 e. The molecule has 9 aliphatic rings. The Morgan fingerprint density at radius 1 is 0.355 bits per heavy atom. The van der Waals surface area contributed by atoms with Crippen LogP contribution in [0.3, 0.4) is 0 Å². The number of nitrogens with one attached hydrogen (secondary N) is 6. The summed E-state index contributed by atoms with van der Waals surface area (Å²) in [7, 11) is 0. The van der Waals surface area contributed by atoms with Crippen LogP contribution >= 0.6 is 0 Å². The number of fused-ring (bicyclic) bond motifs is 2. The summed E-state index contributed by atoms with van der Waals surface area (Å²) >= 11 is 0. The molecule has 7 aliphatic carbocycles. The molecule has 356 valence electrons. The van der Waals surface area contributed by atoms with Crippen molar-refractivity contribution in [2.45, 2.75) is 245 Å². The van der Waals surface area contributed by atoms with Gasteiger partial charge in [0.15, 0.2) is 0 Å². The Hall–Kier alpha value is -0.320. The Morgan fingerprint density at radius 3 is 0.968 bits per heavy atom. The molecule has 7 saturated carbocycles. The number of rotatable bonds is 8. The van der Waals surface area contributed by atoms with Crippen LogP contribution in [0.4, 0.5) is 0 Å². The minimum atomic E-state index is 0.387. The van der Waals surface area contributed by atoms with E-state index >= 15 is 0 Å². The molecule has 0 radical (unpaired) electrons. The van der Waals surface area contributed by atoms with Gasteiger partial charge in [0, 0.05) is 62.9 Å². The Kier molecular flexibility index (Phi) is 15.2. The third kappa shape index (κ3) is 10.2. The molecular formula is C54H100N8. The van der Waals surface area contributed by atoms with Crippen molar-refractivity contribution >= 4 is 0 Å². The summed E-state index contributed by atoms with van der Waals surface area (Å²) < 4.78 is 0. The Labute approximate surface area is 382 Å². The third-order valence-corrected chi connectivity index (χ3v) is 20.7. The molecule has 0 spiro atoms. The quantitative estimate of drug-likeness (QED) is 0.144. The van der Waals surface area contributed by atoms with Crippen molar-refractivity contribution in [3.05, 3.63) is 0 Å². The van der Waals surface area contributed by atoms with E-state index in [4.69, 9.17) is 0 Å². The Balaban J connectivity index is 1.10. The SMILES string of the molecule is CC1CCC(N(C2CCC(C3NCNCN3)CC2)C2C3CCC(C(C)(C)C)CC3C(N(C3CCC(C)CC3)C3CCC(C4NCNCN4)CC3)C3CCC(C(C)(C)C)CC32)CC1. The predicted molar refractivity (Wildman–Crippen MR) is 259 cm³/mol. The molecule has 62 heavy (non-hydrogen) atoms. The lowest BCUT2D eigenvalue weighted by atomic mass is 9.49. The molecule has 0 aromatic heterocycles. The van der Waals surface area contributed by atoms with Gasteiger partial charge in [-0.05, 0) is 211 Å². The predicted octanol–water partition coefficient (Wildman–Crippen LogP) is 9.82. The van der Waals surface area contributed by atoms with Gasteiger partial charge in [-0.2, -0.15) is 0 Å². The zero-order valence-corrected chi connectivity index (χ0v) is 41.7. The van der Waals surface area contributed by atoms with E-state index in [2.05, 4.69) is 97.1 Å². The average molecular weight is 861 g/mol. The monoisotopic (exact) mass is 861 g/mol. The topological polar surface area (TPSA) is 78.7 Å². The van der Waals surface area contributed by atoms with E-state index in [0.29, 0.717) is 23.2 Å². The molecule has 0 bridgehead atoms. The van der Waals surface area contributed by atoms with Gasteiger partial charge in [-0.1, -0.05) is 55.4 Å². The average Bonchev–Trinajstić information content (AvgIpc) is 3.28. The highest BCUT2D eigenvalue weighted by Gasteiger charge is 2.60. The van der Waals surface area contributed by atoms with E-state index in [1.165, 1.54) is 141 Å². The van der Waals surface area contributed by atoms with E-state index in [1.54, 1.807) is 0 Å². The fourth-order valence-corrected chi connectivity index (χ4v) is 17.0. The first-order valence-electron chi connectivity index (χ1n) is 27.7. The van der Waals surface area contributed by atoms with Crippen molar-refractivity contribution < 1.29 is 0 Å². The molecule has 6 N–H and O–H groups in total. The van der Waals surface area contributed by atoms with Crippen molar-refractivity contribution in [1.82, 2.24) is 41.7 Å². The zero-order valence-electron chi connectivity index (χ0n) is 41.7. The fourth-order valence-electron chi connectivity index (χ4n) is 17.0. The molecule has 9 rings (SSSR count). The first kappa shape index (κ1) is 46.8. The minimum absolute atomic E-state index is 0.387. The molecule has 2 heterocycles. The third-order valence-electron chi connectivity index (χ3n) is 20.7. The van der Waals surface area contributed by atoms with Gasteiger partial charge < -0.3 is 0 Å². The van der Waals surface area contributed by atoms with Gasteiger partial charge in [-0.15, -0.1) is 0 Å². The lowest BCUT2D eigenvalue weighted by molar-refractivity contribution is -0.166. The van der Waals surface area contributed by atoms with E-state index in [1.807, 2.05) is 0 Å². The van der Waals surface area contributed by atoms with Gasteiger partial charge in [0.2, 0.25) is 0 Å². The molecule has 8 unspecified atom stereocenters. The van der Waals surface area contributed by atoms with Crippen molar-refractivity contribution in [3.63, 3.8) is 0 Å². The lowest BCUT2D eigenvalue weighted by Crippen LogP contribution is -2.70. The standard InChI is InChI=1S/C54H100N8/c1-35-9-19-41(20-10-35)61(43-23-13-37(14-24-43)51-57-31-55-32-58-51)49-45-27-17-40(54(6,7)8)30-48(45)50(46-28-18-39(29-47(46)49)53(3,4)5)62(42-21-11-36(2)12-22-42)44-25-15-38(16-26-44)52-59-33-56-34-60-52/h35-52,55-60H,9-34H2,1-8H3. The molecule has 0 aromatic carbocycles. The molecule has 0 amide bonds. The van der Waals surface area contributed by atoms with Crippen LogP contribution in [-0.2, 0) is 0 Å². The van der Waals surface area contributed by atoms with E-state index in [0.717, 1.165) is 122 Å². The highest BCUT2D eigenvalue weighted by Crippen LogP contribution is 2.61. The summed E-state index contributed by atoms with van der Waals surface area (Å²) in [5, 5.41) is 22.2. The number of nitrogens with zero attached hydrogens (tertiary/aromatic N) is 2. The van der Waals surface area contributed by atoms with Crippen molar-refractivity contribution in [1.29, 1.82) is 0 Å².